The zero-order valence-electron chi connectivity index (χ0n) is 14.2. The Labute approximate surface area is 146 Å². The first-order valence-corrected chi connectivity index (χ1v) is 7.99. The lowest BCUT2D eigenvalue weighted by molar-refractivity contribution is -0.126. The molecule has 0 radical (unpaired) electrons. The maximum Gasteiger partial charge on any atom is 0.237 e. The van der Waals surface area contributed by atoms with Crippen LogP contribution in [0.2, 0.25) is 0 Å². The fraction of sp³-hybridized carbons (Fsp3) is 0.316. The van der Waals surface area contributed by atoms with Crippen LogP contribution in [0.25, 0.3) is 0 Å². The summed E-state index contributed by atoms with van der Waals surface area (Å²) >= 11 is 0. The van der Waals surface area contributed by atoms with Crippen LogP contribution < -0.4 is 5.32 Å². The van der Waals surface area contributed by atoms with Crippen molar-refractivity contribution in [3.63, 3.8) is 0 Å². The molecule has 2 rings (SSSR count). The Morgan fingerprint density at radius 3 is 2.40 bits per heavy atom. The van der Waals surface area contributed by atoms with Crippen LogP contribution in [0.4, 0.5) is 8.78 Å². The number of halogens is 2. The maximum atomic E-state index is 13.2. The van der Waals surface area contributed by atoms with Crippen LogP contribution in [-0.4, -0.2) is 42.6 Å². The lowest BCUT2D eigenvalue weighted by Gasteiger charge is -2.24. The van der Waals surface area contributed by atoms with Gasteiger partial charge in [-0.15, -0.1) is 0 Å². The van der Waals surface area contributed by atoms with Gasteiger partial charge in [0.25, 0.3) is 0 Å². The summed E-state index contributed by atoms with van der Waals surface area (Å²) in [6.07, 6.45) is -0.584. The van der Waals surface area contributed by atoms with E-state index in [9.17, 15) is 18.7 Å². The van der Waals surface area contributed by atoms with Crippen molar-refractivity contribution in [1.29, 1.82) is 0 Å². The van der Waals surface area contributed by atoms with E-state index in [1.54, 1.807) is 19.0 Å². The Bertz CT molecular complexity index is 708. The molecule has 0 heterocycles. The smallest absolute Gasteiger partial charge is 0.237 e. The first-order chi connectivity index (χ1) is 11.9. The Hall–Kier alpha value is -2.31. The number of aliphatic hydroxyl groups excluding tert-OH is 1. The van der Waals surface area contributed by atoms with Crippen molar-refractivity contribution >= 4 is 5.91 Å². The number of nitrogens with zero attached hydrogens (tertiary/aromatic N) is 1. The fourth-order valence-electron chi connectivity index (χ4n) is 2.50. The number of likely N-dealkylation sites (N-methyl/N-ethyl adjacent to an activating group) is 1. The van der Waals surface area contributed by atoms with E-state index in [4.69, 9.17) is 0 Å². The SMILES string of the molecule is CN(C)C(Cc1ccccc1)C(=O)NCC(O)c1ccc(F)c(F)c1. The molecule has 2 N–H and O–H groups in total. The second kappa shape index (κ2) is 8.69. The second-order valence-electron chi connectivity index (χ2n) is 6.10. The van der Waals surface area contributed by atoms with E-state index < -0.39 is 23.8 Å². The molecule has 0 aromatic heterocycles. The first kappa shape index (κ1) is 19.0. The van der Waals surface area contributed by atoms with Crippen LogP contribution in [0.5, 0.6) is 0 Å². The lowest BCUT2D eigenvalue weighted by atomic mass is 10.0. The van der Waals surface area contributed by atoms with Crippen LogP contribution in [0.15, 0.2) is 48.5 Å². The summed E-state index contributed by atoms with van der Waals surface area (Å²) in [4.78, 5) is 14.2. The summed E-state index contributed by atoms with van der Waals surface area (Å²) in [5, 5.41) is 12.7. The average Bonchev–Trinajstić information content (AvgIpc) is 2.60. The Kier molecular flexibility index (Phi) is 6.61. The predicted molar refractivity (Wildman–Crippen MR) is 91.9 cm³/mol. The van der Waals surface area contributed by atoms with E-state index in [1.807, 2.05) is 30.3 Å². The van der Waals surface area contributed by atoms with Gasteiger partial charge < -0.3 is 10.4 Å². The minimum absolute atomic E-state index is 0.0803. The molecule has 2 aromatic carbocycles. The molecule has 25 heavy (non-hydrogen) atoms. The topological polar surface area (TPSA) is 52.6 Å². The number of hydrogen-bond acceptors (Lipinski definition) is 3. The van der Waals surface area contributed by atoms with Crippen molar-refractivity contribution < 1.29 is 18.7 Å². The van der Waals surface area contributed by atoms with Gasteiger partial charge in [-0.25, -0.2) is 8.78 Å². The number of benzene rings is 2. The zero-order valence-corrected chi connectivity index (χ0v) is 14.2. The molecule has 0 aliphatic carbocycles. The molecule has 0 aliphatic rings. The molecule has 1 amide bonds. The highest BCUT2D eigenvalue weighted by Gasteiger charge is 2.22. The molecule has 0 fully saturated rings. The van der Waals surface area contributed by atoms with Crippen molar-refractivity contribution in [1.82, 2.24) is 10.2 Å². The van der Waals surface area contributed by atoms with E-state index in [-0.39, 0.29) is 18.0 Å². The highest BCUT2D eigenvalue weighted by molar-refractivity contribution is 5.82. The van der Waals surface area contributed by atoms with Gasteiger partial charge in [0.2, 0.25) is 5.91 Å². The van der Waals surface area contributed by atoms with Crippen molar-refractivity contribution in [2.45, 2.75) is 18.6 Å². The average molecular weight is 348 g/mol. The molecular weight excluding hydrogens is 326 g/mol. The summed E-state index contributed by atoms with van der Waals surface area (Å²) < 4.78 is 26.2. The van der Waals surface area contributed by atoms with Gasteiger partial charge in [-0.05, 0) is 43.8 Å². The molecule has 0 bridgehead atoms. The largest absolute Gasteiger partial charge is 0.387 e. The molecule has 0 spiro atoms. The number of carbonyl (C=O) groups excluding carboxylic acids is 1. The molecule has 2 unspecified atom stereocenters. The minimum atomic E-state index is -1.11. The minimum Gasteiger partial charge on any atom is -0.387 e. The fourth-order valence-corrected chi connectivity index (χ4v) is 2.50. The zero-order chi connectivity index (χ0) is 18.4. The van der Waals surface area contributed by atoms with Crippen LogP contribution in [-0.2, 0) is 11.2 Å². The van der Waals surface area contributed by atoms with Crippen molar-refractivity contribution in [3.8, 4) is 0 Å². The monoisotopic (exact) mass is 348 g/mol. The van der Waals surface area contributed by atoms with Gasteiger partial charge in [0.1, 0.15) is 0 Å². The molecule has 0 saturated carbocycles. The number of amides is 1. The number of rotatable bonds is 7. The Balaban J connectivity index is 1.97. The summed E-state index contributed by atoms with van der Waals surface area (Å²) in [5.74, 6) is -2.25. The highest BCUT2D eigenvalue weighted by Crippen LogP contribution is 2.16. The van der Waals surface area contributed by atoms with Crippen LogP contribution in [0, 0.1) is 11.6 Å². The van der Waals surface area contributed by atoms with Crippen molar-refractivity contribution in [2.75, 3.05) is 20.6 Å². The third kappa shape index (κ3) is 5.34. The van der Waals surface area contributed by atoms with Gasteiger partial charge in [0.05, 0.1) is 12.1 Å². The quantitative estimate of drug-likeness (QED) is 0.807. The summed E-state index contributed by atoms with van der Waals surface area (Å²) in [5.41, 5.74) is 1.24. The van der Waals surface area contributed by atoms with Crippen LogP contribution in [0.1, 0.15) is 17.2 Å². The lowest BCUT2D eigenvalue weighted by Crippen LogP contribution is -2.45. The van der Waals surface area contributed by atoms with Gasteiger partial charge in [-0.2, -0.15) is 0 Å². The predicted octanol–water partition coefficient (Wildman–Crippen LogP) is 2.29. The highest BCUT2D eigenvalue weighted by atomic mass is 19.2. The van der Waals surface area contributed by atoms with Gasteiger partial charge >= 0.3 is 0 Å². The first-order valence-electron chi connectivity index (χ1n) is 7.99. The number of carbonyl (C=O) groups is 1. The van der Waals surface area contributed by atoms with E-state index in [0.717, 1.165) is 17.7 Å². The van der Waals surface area contributed by atoms with Gasteiger partial charge in [0.15, 0.2) is 11.6 Å². The second-order valence-corrected chi connectivity index (χ2v) is 6.10. The number of nitrogens with one attached hydrogen (secondary N) is 1. The third-order valence-corrected chi connectivity index (χ3v) is 4.00. The maximum absolute atomic E-state index is 13.2. The molecule has 2 aromatic rings. The molecule has 0 aliphatic heterocycles. The molecule has 2 atom stereocenters. The van der Waals surface area contributed by atoms with Crippen molar-refractivity contribution in [2.24, 2.45) is 0 Å². The van der Waals surface area contributed by atoms with Crippen LogP contribution >= 0.6 is 0 Å². The summed E-state index contributed by atoms with van der Waals surface area (Å²) in [6.45, 7) is -0.0803. The summed E-state index contributed by atoms with van der Waals surface area (Å²) in [6, 6.07) is 12.4. The molecular formula is C19H22F2N2O2. The van der Waals surface area contributed by atoms with E-state index in [0.29, 0.717) is 6.42 Å². The molecule has 134 valence electrons. The standard InChI is InChI=1S/C19H22F2N2O2/c1-23(2)17(10-13-6-4-3-5-7-13)19(25)22-12-18(24)14-8-9-15(20)16(21)11-14/h3-9,11,17-18,24H,10,12H2,1-2H3,(H,22,25). The van der Waals surface area contributed by atoms with Gasteiger partial charge in [-0.1, -0.05) is 36.4 Å². The summed E-state index contributed by atoms with van der Waals surface area (Å²) in [7, 11) is 3.61. The van der Waals surface area contributed by atoms with Crippen LogP contribution in [0.3, 0.4) is 0 Å². The van der Waals surface area contributed by atoms with Gasteiger partial charge in [-0.3, -0.25) is 9.69 Å². The molecule has 0 saturated heterocycles. The van der Waals surface area contributed by atoms with E-state index in [2.05, 4.69) is 5.32 Å². The third-order valence-electron chi connectivity index (χ3n) is 4.00. The van der Waals surface area contributed by atoms with E-state index >= 15 is 0 Å². The molecule has 6 heteroatoms. The number of aliphatic hydroxyl groups is 1. The molecule has 4 nitrogen and oxygen atoms in total. The van der Waals surface area contributed by atoms with Gasteiger partial charge in [0, 0.05) is 6.54 Å². The Morgan fingerprint density at radius 1 is 1.12 bits per heavy atom. The normalized spacial score (nSPS) is 13.5. The number of hydrogen-bond donors (Lipinski definition) is 2. The van der Waals surface area contributed by atoms with E-state index in [1.165, 1.54) is 6.07 Å². The Morgan fingerprint density at radius 2 is 1.80 bits per heavy atom. The van der Waals surface area contributed by atoms with Crippen molar-refractivity contribution in [3.05, 3.63) is 71.3 Å².